The molecular formula is C19H19F3N4O2. The molecule has 1 N–H and O–H groups in total. The van der Waals surface area contributed by atoms with Crippen molar-refractivity contribution in [2.45, 2.75) is 25.1 Å². The van der Waals surface area contributed by atoms with Crippen LogP contribution >= 0.6 is 0 Å². The van der Waals surface area contributed by atoms with Crippen molar-refractivity contribution in [2.75, 3.05) is 18.4 Å². The second kappa shape index (κ2) is 7.87. The van der Waals surface area contributed by atoms with E-state index in [1.165, 1.54) is 10.9 Å². The van der Waals surface area contributed by atoms with E-state index >= 15 is 0 Å². The van der Waals surface area contributed by atoms with Gasteiger partial charge in [0, 0.05) is 30.5 Å². The van der Waals surface area contributed by atoms with Crippen LogP contribution in [0.1, 0.15) is 34.9 Å². The molecule has 148 valence electrons. The largest absolute Gasteiger partial charge is 0.435 e. The van der Waals surface area contributed by atoms with Gasteiger partial charge in [-0.25, -0.2) is 0 Å². The van der Waals surface area contributed by atoms with Crippen LogP contribution in [-0.4, -0.2) is 39.6 Å². The molecule has 2 aromatic rings. The number of aromatic nitrogens is 2. The Morgan fingerprint density at radius 1 is 1.21 bits per heavy atom. The second-order valence-corrected chi connectivity index (χ2v) is 6.48. The summed E-state index contributed by atoms with van der Waals surface area (Å²) in [4.78, 5) is 25.8. The standard InChI is InChI=1S/C19H19F3N4O2/c1-2-17(27)23-14-5-3-4-13(12-14)18(28)25-9-6-15(7-10-25)26-11-8-16(24-26)19(20,21)22/h2-5,8,11-12,15H,1,6-7,9-10H2,(H,23,27). The van der Waals surface area contributed by atoms with Crippen molar-refractivity contribution in [2.24, 2.45) is 0 Å². The number of nitrogens with zero attached hydrogens (tertiary/aromatic N) is 3. The molecule has 9 heteroatoms. The minimum Gasteiger partial charge on any atom is -0.338 e. The van der Waals surface area contributed by atoms with E-state index in [0.29, 0.717) is 37.2 Å². The molecule has 3 rings (SSSR count). The topological polar surface area (TPSA) is 67.2 Å². The van der Waals surface area contributed by atoms with Crippen molar-refractivity contribution < 1.29 is 22.8 Å². The summed E-state index contributed by atoms with van der Waals surface area (Å²) in [5.41, 5.74) is 0.00464. The molecule has 28 heavy (non-hydrogen) atoms. The number of benzene rings is 1. The fourth-order valence-corrected chi connectivity index (χ4v) is 3.13. The van der Waals surface area contributed by atoms with Gasteiger partial charge in [-0.2, -0.15) is 18.3 Å². The Bertz CT molecular complexity index is 883. The molecule has 0 atom stereocenters. The number of hydrogen-bond donors (Lipinski definition) is 1. The number of anilines is 1. The van der Waals surface area contributed by atoms with Gasteiger partial charge in [-0.15, -0.1) is 0 Å². The quantitative estimate of drug-likeness (QED) is 0.810. The van der Waals surface area contributed by atoms with Crippen LogP contribution in [0.15, 0.2) is 49.2 Å². The Balaban J connectivity index is 1.62. The van der Waals surface area contributed by atoms with Gasteiger partial charge in [0.05, 0.1) is 6.04 Å². The van der Waals surface area contributed by atoms with Crippen LogP contribution < -0.4 is 5.32 Å². The number of carbonyl (C=O) groups is 2. The lowest BCUT2D eigenvalue weighted by Gasteiger charge is -2.32. The van der Waals surface area contributed by atoms with E-state index < -0.39 is 11.9 Å². The SMILES string of the molecule is C=CC(=O)Nc1cccc(C(=O)N2CCC(n3ccc(C(F)(F)F)n3)CC2)c1. The summed E-state index contributed by atoms with van der Waals surface area (Å²) in [7, 11) is 0. The third kappa shape index (κ3) is 4.41. The van der Waals surface area contributed by atoms with E-state index in [2.05, 4.69) is 17.0 Å². The lowest BCUT2D eigenvalue weighted by molar-refractivity contribution is -0.141. The van der Waals surface area contributed by atoms with Gasteiger partial charge in [-0.05, 0) is 43.2 Å². The number of rotatable bonds is 4. The number of halogens is 3. The first-order valence-corrected chi connectivity index (χ1v) is 8.73. The fourth-order valence-electron chi connectivity index (χ4n) is 3.13. The highest BCUT2D eigenvalue weighted by Gasteiger charge is 2.34. The molecule has 6 nitrogen and oxygen atoms in total. The molecule has 0 bridgehead atoms. The minimum atomic E-state index is -4.46. The second-order valence-electron chi connectivity index (χ2n) is 6.48. The van der Waals surface area contributed by atoms with E-state index in [4.69, 9.17) is 0 Å². The van der Waals surface area contributed by atoms with Crippen LogP contribution in [0, 0.1) is 0 Å². The molecule has 0 radical (unpaired) electrons. The average molecular weight is 392 g/mol. The van der Waals surface area contributed by atoms with Gasteiger partial charge in [0.2, 0.25) is 5.91 Å². The highest BCUT2D eigenvalue weighted by atomic mass is 19.4. The van der Waals surface area contributed by atoms with Crippen molar-refractivity contribution in [3.8, 4) is 0 Å². The molecule has 1 aromatic heterocycles. The van der Waals surface area contributed by atoms with Crippen LogP contribution in [0.3, 0.4) is 0 Å². The molecule has 1 aromatic carbocycles. The van der Waals surface area contributed by atoms with Crippen LogP contribution in [0.4, 0.5) is 18.9 Å². The third-order valence-electron chi connectivity index (χ3n) is 4.59. The highest BCUT2D eigenvalue weighted by molar-refractivity contribution is 6.00. The summed E-state index contributed by atoms with van der Waals surface area (Å²) < 4.78 is 39.4. The van der Waals surface area contributed by atoms with Crippen molar-refractivity contribution in [1.29, 1.82) is 0 Å². The van der Waals surface area contributed by atoms with E-state index in [9.17, 15) is 22.8 Å². The van der Waals surface area contributed by atoms with Gasteiger partial charge in [0.25, 0.3) is 5.91 Å². The monoisotopic (exact) mass is 392 g/mol. The normalized spacial score (nSPS) is 15.3. The zero-order valence-corrected chi connectivity index (χ0v) is 14.9. The molecular weight excluding hydrogens is 373 g/mol. The van der Waals surface area contributed by atoms with Crippen molar-refractivity contribution in [1.82, 2.24) is 14.7 Å². The van der Waals surface area contributed by atoms with E-state index in [1.54, 1.807) is 29.2 Å². The van der Waals surface area contributed by atoms with Crippen LogP contribution in [-0.2, 0) is 11.0 Å². The van der Waals surface area contributed by atoms with Crippen LogP contribution in [0.25, 0.3) is 0 Å². The summed E-state index contributed by atoms with van der Waals surface area (Å²) in [6, 6.07) is 7.35. The number of piperidine rings is 1. The molecule has 0 aliphatic carbocycles. The molecule has 1 aliphatic rings. The van der Waals surface area contributed by atoms with Crippen LogP contribution in [0.2, 0.25) is 0 Å². The van der Waals surface area contributed by atoms with Gasteiger partial charge in [0.15, 0.2) is 5.69 Å². The Morgan fingerprint density at radius 2 is 1.93 bits per heavy atom. The Morgan fingerprint density at radius 3 is 2.54 bits per heavy atom. The highest BCUT2D eigenvalue weighted by Crippen LogP contribution is 2.30. The molecule has 2 heterocycles. The Hall–Kier alpha value is -3.10. The first-order valence-electron chi connectivity index (χ1n) is 8.73. The molecule has 1 aliphatic heterocycles. The maximum Gasteiger partial charge on any atom is 0.435 e. The van der Waals surface area contributed by atoms with Gasteiger partial charge in [-0.1, -0.05) is 12.6 Å². The van der Waals surface area contributed by atoms with Gasteiger partial charge in [0.1, 0.15) is 0 Å². The van der Waals surface area contributed by atoms with Crippen molar-refractivity contribution >= 4 is 17.5 Å². The van der Waals surface area contributed by atoms with Crippen LogP contribution in [0.5, 0.6) is 0 Å². The molecule has 1 fully saturated rings. The van der Waals surface area contributed by atoms with Gasteiger partial charge < -0.3 is 10.2 Å². The lowest BCUT2D eigenvalue weighted by Crippen LogP contribution is -2.39. The summed E-state index contributed by atoms with van der Waals surface area (Å²) in [5.74, 6) is -0.563. The molecule has 2 amide bonds. The third-order valence-corrected chi connectivity index (χ3v) is 4.59. The van der Waals surface area contributed by atoms with E-state index in [-0.39, 0.29) is 17.9 Å². The Kier molecular flexibility index (Phi) is 5.53. The zero-order chi connectivity index (χ0) is 20.3. The molecule has 0 unspecified atom stereocenters. The number of alkyl halides is 3. The summed E-state index contributed by atoms with van der Waals surface area (Å²) in [6.45, 7) is 4.20. The maximum absolute atomic E-state index is 12.7. The van der Waals surface area contributed by atoms with Crippen molar-refractivity contribution in [3.63, 3.8) is 0 Å². The zero-order valence-electron chi connectivity index (χ0n) is 14.9. The predicted molar refractivity (Wildman–Crippen MR) is 96.7 cm³/mol. The first-order chi connectivity index (χ1) is 13.3. The molecule has 0 saturated carbocycles. The van der Waals surface area contributed by atoms with Crippen molar-refractivity contribution in [3.05, 3.63) is 60.4 Å². The lowest BCUT2D eigenvalue weighted by atomic mass is 10.0. The predicted octanol–water partition coefficient (Wildman–Crippen LogP) is 3.50. The summed E-state index contributed by atoms with van der Waals surface area (Å²) >= 11 is 0. The smallest absolute Gasteiger partial charge is 0.338 e. The number of carbonyl (C=O) groups excluding carboxylic acids is 2. The minimum absolute atomic E-state index is 0.182. The van der Waals surface area contributed by atoms with Gasteiger partial charge >= 0.3 is 6.18 Å². The number of likely N-dealkylation sites (tertiary alicyclic amines) is 1. The Labute approximate surface area is 159 Å². The van der Waals surface area contributed by atoms with E-state index in [1.807, 2.05) is 0 Å². The first kappa shape index (κ1) is 19.7. The summed E-state index contributed by atoms with van der Waals surface area (Å²) in [6.07, 6.45) is -0.974. The van der Waals surface area contributed by atoms with E-state index in [0.717, 1.165) is 12.1 Å². The molecule has 0 spiro atoms. The maximum atomic E-state index is 12.7. The number of nitrogens with one attached hydrogen (secondary N) is 1. The average Bonchev–Trinajstić information content (AvgIpc) is 3.18. The number of amides is 2. The fraction of sp³-hybridized carbons (Fsp3) is 0.316. The van der Waals surface area contributed by atoms with Gasteiger partial charge in [-0.3, -0.25) is 14.3 Å². The molecule has 1 saturated heterocycles. The summed E-state index contributed by atoms with van der Waals surface area (Å²) in [5, 5.41) is 6.22. The number of hydrogen-bond acceptors (Lipinski definition) is 3.